The standard InChI is InChI=1S/C12H18N2O4/c1-3-6-13(2)12(17)14-7-4-10(5-8-14)18-9-11(15)16/h1,10H,4-9H2,2H3,(H,15,16). The van der Waals surface area contributed by atoms with E-state index in [1.807, 2.05) is 0 Å². The summed E-state index contributed by atoms with van der Waals surface area (Å²) in [6.45, 7) is 1.14. The number of carboxylic acids is 1. The smallest absolute Gasteiger partial charge is 0.329 e. The topological polar surface area (TPSA) is 70.1 Å². The van der Waals surface area contributed by atoms with Crippen LogP contribution in [0.1, 0.15) is 12.8 Å². The molecule has 0 aromatic heterocycles. The molecule has 2 amide bonds. The van der Waals surface area contributed by atoms with E-state index in [9.17, 15) is 9.59 Å². The van der Waals surface area contributed by atoms with E-state index in [2.05, 4.69) is 5.92 Å². The lowest BCUT2D eigenvalue weighted by Crippen LogP contribution is -2.46. The molecule has 0 atom stereocenters. The molecular formula is C12H18N2O4. The summed E-state index contributed by atoms with van der Waals surface area (Å²) < 4.78 is 5.20. The fourth-order valence-corrected chi connectivity index (χ4v) is 1.85. The van der Waals surface area contributed by atoms with Gasteiger partial charge >= 0.3 is 12.0 Å². The molecule has 0 unspecified atom stereocenters. The van der Waals surface area contributed by atoms with Gasteiger partial charge in [0, 0.05) is 20.1 Å². The zero-order valence-corrected chi connectivity index (χ0v) is 10.5. The van der Waals surface area contributed by atoms with E-state index in [4.69, 9.17) is 16.3 Å². The Morgan fingerprint density at radius 3 is 2.61 bits per heavy atom. The Morgan fingerprint density at radius 1 is 1.50 bits per heavy atom. The summed E-state index contributed by atoms with van der Waals surface area (Å²) in [5, 5.41) is 8.50. The quantitative estimate of drug-likeness (QED) is 0.729. The number of terminal acetylenes is 1. The Bertz CT molecular complexity index is 342. The third-order valence-electron chi connectivity index (χ3n) is 2.81. The Labute approximate surface area is 106 Å². The molecule has 0 saturated carbocycles. The summed E-state index contributed by atoms with van der Waals surface area (Å²) in [5.74, 6) is 1.45. The number of hydrogen-bond acceptors (Lipinski definition) is 3. The van der Waals surface area contributed by atoms with Crippen molar-refractivity contribution in [1.29, 1.82) is 0 Å². The van der Waals surface area contributed by atoms with Crippen LogP contribution < -0.4 is 0 Å². The number of ether oxygens (including phenoxy) is 1. The number of amides is 2. The summed E-state index contributed by atoms with van der Waals surface area (Å²) in [7, 11) is 1.66. The van der Waals surface area contributed by atoms with Gasteiger partial charge in [0.1, 0.15) is 6.61 Å². The summed E-state index contributed by atoms with van der Waals surface area (Å²) >= 11 is 0. The van der Waals surface area contributed by atoms with Crippen molar-refractivity contribution in [3.8, 4) is 12.3 Å². The molecule has 0 aromatic carbocycles. The van der Waals surface area contributed by atoms with Crippen molar-refractivity contribution in [3.05, 3.63) is 0 Å². The normalized spacial score (nSPS) is 16.1. The summed E-state index contributed by atoms with van der Waals surface area (Å²) in [6, 6.07) is -0.0929. The van der Waals surface area contributed by atoms with Crippen LogP contribution in [0.15, 0.2) is 0 Å². The van der Waals surface area contributed by atoms with Crippen molar-refractivity contribution >= 4 is 12.0 Å². The van der Waals surface area contributed by atoms with Gasteiger partial charge in [-0.2, -0.15) is 0 Å². The molecule has 1 N–H and O–H groups in total. The van der Waals surface area contributed by atoms with Crippen molar-refractivity contribution < 1.29 is 19.4 Å². The summed E-state index contributed by atoms with van der Waals surface area (Å²) in [6.07, 6.45) is 6.38. The van der Waals surface area contributed by atoms with Crippen LogP contribution in [0.2, 0.25) is 0 Å². The highest BCUT2D eigenvalue weighted by atomic mass is 16.5. The first kappa shape index (κ1) is 14.3. The van der Waals surface area contributed by atoms with Crippen LogP contribution in [0, 0.1) is 12.3 Å². The van der Waals surface area contributed by atoms with Crippen molar-refractivity contribution in [2.24, 2.45) is 0 Å². The number of carboxylic acid groups (broad SMARTS) is 1. The van der Waals surface area contributed by atoms with Gasteiger partial charge in [0.15, 0.2) is 0 Å². The highest BCUT2D eigenvalue weighted by Crippen LogP contribution is 2.14. The number of likely N-dealkylation sites (tertiary alicyclic amines) is 1. The minimum atomic E-state index is -0.970. The second-order valence-electron chi connectivity index (χ2n) is 4.23. The van der Waals surface area contributed by atoms with Crippen molar-refractivity contribution in [3.63, 3.8) is 0 Å². The van der Waals surface area contributed by atoms with Gasteiger partial charge in [-0.15, -0.1) is 6.42 Å². The highest BCUT2D eigenvalue weighted by Gasteiger charge is 2.25. The molecule has 1 aliphatic heterocycles. The number of piperidine rings is 1. The first-order valence-corrected chi connectivity index (χ1v) is 5.81. The molecular weight excluding hydrogens is 236 g/mol. The maximum Gasteiger partial charge on any atom is 0.329 e. The predicted molar refractivity (Wildman–Crippen MR) is 65.0 cm³/mol. The summed E-state index contributed by atoms with van der Waals surface area (Å²) in [5.41, 5.74) is 0. The fourth-order valence-electron chi connectivity index (χ4n) is 1.85. The SMILES string of the molecule is C#CCN(C)C(=O)N1CCC(OCC(=O)O)CC1. The number of aliphatic carboxylic acids is 1. The van der Waals surface area contributed by atoms with Gasteiger partial charge in [0.05, 0.1) is 12.6 Å². The minimum Gasteiger partial charge on any atom is -0.480 e. The van der Waals surface area contributed by atoms with Gasteiger partial charge in [-0.05, 0) is 12.8 Å². The maximum atomic E-state index is 11.9. The average molecular weight is 254 g/mol. The second-order valence-corrected chi connectivity index (χ2v) is 4.23. The predicted octanol–water partition coefficient (Wildman–Crippen LogP) is 0.237. The zero-order chi connectivity index (χ0) is 13.5. The third-order valence-corrected chi connectivity index (χ3v) is 2.81. The number of rotatable bonds is 4. The van der Waals surface area contributed by atoms with Gasteiger partial charge < -0.3 is 19.6 Å². The molecule has 6 heteroatoms. The van der Waals surface area contributed by atoms with Crippen molar-refractivity contribution in [2.45, 2.75) is 18.9 Å². The van der Waals surface area contributed by atoms with E-state index < -0.39 is 5.97 Å². The molecule has 1 heterocycles. The minimum absolute atomic E-state index is 0.0805. The number of carbonyl (C=O) groups excluding carboxylic acids is 1. The van der Waals surface area contributed by atoms with Gasteiger partial charge in [-0.3, -0.25) is 0 Å². The summed E-state index contributed by atoms with van der Waals surface area (Å²) in [4.78, 5) is 25.4. The van der Waals surface area contributed by atoms with Gasteiger partial charge in [0.2, 0.25) is 0 Å². The van der Waals surface area contributed by atoms with Gasteiger partial charge in [-0.25, -0.2) is 9.59 Å². The Kier molecular flexibility index (Phi) is 5.46. The molecule has 0 spiro atoms. The molecule has 0 aromatic rings. The van der Waals surface area contributed by atoms with E-state index in [1.54, 1.807) is 11.9 Å². The molecule has 0 radical (unpaired) electrons. The van der Waals surface area contributed by atoms with Gasteiger partial charge in [0.25, 0.3) is 0 Å². The lowest BCUT2D eigenvalue weighted by atomic mass is 10.1. The first-order chi connectivity index (χ1) is 8.54. The Morgan fingerprint density at radius 2 is 2.11 bits per heavy atom. The van der Waals surface area contributed by atoms with E-state index in [-0.39, 0.29) is 25.3 Å². The Balaban J connectivity index is 2.33. The fraction of sp³-hybridized carbons (Fsp3) is 0.667. The maximum absolute atomic E-state index is 11.9. The van der Waals surface area contributed by atoms with Crippen molar-refractivity contribution in [1.82, 2.24) is 9.80 Å². The number of nitrogens with zero attached hydrogens (tertiary/aromatic N) is 2. The molecule has 1 fully saturated rings. The van der Waals surface area contributed by atoms with E-state index in [0.29, 0.717) is 25.9 Å². The number of urea groups is 1. The van der Waals surface area contributed by atoms with Gasteiger partial charge in [-0.1, -0.05) is 5.92 Å². The number of hydrogen-bond donors (Lipinski definition) is 1. The molecule has 1 rings (SSSR count). The second kappa shape index (κ2) is 6.87. The molecule has 100 valence electrons. The van der Waals surface area contributed by atoms with E-state index in [0.717, 1.165) is 0 Å². The first-order valence-electron chi connectivity index (χ1n) is 5.81. The monoisotopic (exact) mass is 254 g/mol. The lowest BCUT2D eigenvalue weighted by Gasteiger charge is -2.33. The molecule has 1 saturated heterocycles. The molecule has 0 bridgehead atoms. The average Bonchev–Trinajstić information content (AvgIpc) is 2.36. The molecule has 6 nitrogen and oxygen atoms in total. The zero-order valence-electron chi connectivity index (χ0n) is 10.5. The lowest BCUT2D eigenvalue weighted by molar-refractivity contribution is -0.145. The third kappa shape index (κ3) is 4.26. The van der Waals surface area contributed by atoms with Crippen LogP contribution >= 0.6 is 0 Å². The molecule has 18 heavy (non-hydrogen) atoms. The Hall–Kier alpha value is -1.74. The molecule has 0 aliphatic carbocycles. The number of carbonyl (C=O) groups is 2. The highest BCUT2D eigenvalue weighted by molar-refractivity contribution is 5.74. The van der Waals surface area contributed by atoms with Crippen molar-refractivity contribution in [2.75, 3.05) is 33.3 Å². The van der Waals surface area contributed by atoms with Crippen LogP contribution in [-0.4, -0.2) is 66.3 Å². The largest absolute Gasteiger partial charge is 0.480 e. The van der Waals surface area contributed by atoms with Crippen LogP contribution in [0.5, 0.6) is 0 Å². The van der Waals surface area contributed by atoms with E-state index >= 15 is 0 Å². The van der Waals surface area contributed by atoms with Crippen LogP contribution in [0.25, 0.3) is 0 Å². The molecule has 1 aliphatic rings. The van der Waals surface area contributed by atoms with Crippen LogP contribution in [0.4, 0.5) is 4.79 Å². The van der Waals surface area contributed by atoms with E-state index in [1.165, 1.54) is 4.90 Å². The van der Waals surface area contributed by atoms with Crippen LogP contribution in [0.3, 0.4) is 0 Å². The van der Waals surface area contributed by atoms with Crippen LogP contribution in [-0.2, 0) is 9.53 Å².